The van der Waals surface area contributed by atoms with Crippen molar-refractivity contribution in [2.75, 3.05) is 37.0 Å². The monoisotopic (exact) mass is 402 g/mol. The maximum Gasteiger partial charge on any atom is 0.255 e. The number of carbonyl (C=O) groups excluding carboxylic acids is 1. The first-order chi connectivity index (χ1) is 14.1. The third-order valence-electron chi connectivity index (χ3n) is 4.58. The molecule has 7 heteroatoms. The van der Waals surface area contributed by atoms with Crippen LogP contribution in [0.15, 0.2) is 36.4 Å². The zero-order valence-electron chi connectivity index (χ0n) is 16.8. The summed E-state index contributed by atoms with van der Waals surface area (Å²) in [6.07, 6.45) is 2.14. The summed E-state index contributed by atoms with van der Waals surface area (Å²) in [5, 5.41) is 5.78. The van der Waals surface area contributed by atoms with Gasteiger partial charge < -0.3 is 24.8 Å². The summed E-state index contributed by atoms with van der Waals surface area (Å²) in [6, 6.07) is 9.55. The number of ether oxygens (including phenoxy) is 3. The molecule has 6 nitrogen and oxygen atoms in total. The summed E-state index contributed by atoms with van der Waals surface area (Å²) in [4.78, 5) is 12.6. The van der Waals surface area contributed by atoms with Gasteiger partial charge in [-0.05, 0) is 63.1 Å². The van der Waals surface area contributed by atoms with Gasteiger partial charge >= 0.3 is 0 Å². The second-order valence-electron chi connectivity index (χ2n) is 6.69. The molecule has 29 heavy (non-hydrogen) atoms. The predicted molar refractivity (Wildman–Crippen MR) is 111 cm³/mol. The van der Waals surface area contributed by atoms with Crippen molar-refractivity contribution in [1.29, 1.82) is 0 Å². The molecule has 0 bridgehead atoms. The van der Waals surface area contributed by atoms with Crippen LogP contribution in [0.1, 0.15) is 37.0 Å². The van der Waals surface area contributed by atoms with Gasteiger partial charge in [0, 0.05) is 24.4 Å². The van der Waals surface area contributed by atoms with E-state index in [1.807, 2.05) is 13.8 Å². The average Bonchev–Trinajstić information content (AvgIpc) is 3.22. The van der Waals surface area contributed by atoms with Crippen LogP contribution in [0.25, 0.3) is 0 Å². The van der Waals surface area contributed by atoms with Gasteiger partial charge in [0.05, 0.1) is 25.0 Å². The van der Waals surface area contributed by atoms with Crippen molar-refractivity contribution in [1.82, 2.24) is 0 Å². The maximum absolute atomic E-state index is 14.4. The summed E-state index contributed by atoms with van der Waals surface area (Å²) < 4.78 is 31.0. The standard InChI is InChI=1S/C22H27FN2O4/c1-3-27-20-10-7-15(12-21(20)28-4-2)22(26)25-16-8-9-19(18(23)13-16)24-14-17-6-5-11-29-17/h7-10,12-13,17,24H,3-6,11,14H2,1-2H3,(H,25,26). The normalized spacial score (nSPS) is 15.8. The molecule has 1 fully saturated rings. The lowest BCUT2D eigenvalue weighted by Crippen LogP contribution is -2.19. The van der Waals surface area contributed by atoms with Crippen LogP contribution in [0.3, 0.4) is 0 Å². The Kier molecular flexibility index (Phi) is 7.30. The molecule has 2 aromatic carbocycles. The lowest BCUT2D eigenvalue weighted by Gasteiger charge is -2.14. The molecule has 0 saturated carbocycles. The van der Waals surface area contributed by atoms with Gasteiger partial charge in [0.15, 0.2) is 11.5 Å². The van der Waals surface area contributed by atoms with Crippen LogP contribution < -0.4 is 20.1 Å². The Morgan fingerprint density at radius 3 is 2.62 bits per heavy atom. The first-order valence-corrected chi connectivity index (χ1v) is 9.96. The molecule has 0 aromatic heterocycles. The van der Waals surface area contributed by atoms with Crippen LogP contribution in [0.4, 0.5) is 15.8 Å². The van der Waals surface area contributed by atoms with Gasteiger partial charge in [-0.15, -0.1) is 0 Å². The fourth-order valence-electron chi connectivity index (χ4n) is 3.16. The molecule has 1 amide bonds. The van der Waals surface area contributed by atoms with E-state index < -0.39 is 5.82 Å². The Labute approximate surface area is 170 Å². The van der Waals surface area contributed by atoms with E-state index in [1.165, 1.54) is 6.07 Å². The van der Waals surface area contributed by atoms with Crippen molar-refractivity contribution in [2.24, 2.45) is 0 Å². The molecular formula is C22H27FN2O4. The topological polar surface area (TPSA) is 68.8 Å². The molecule has 1 aliphatic heterocycles. The number of anilines is 2. The zero-order chi connectivity index (χ0) is 20.6. The van der Waals surface area contributed by atoms with E-state index in [9.17, 15) is 9.18 Å². The Hall–Kier alpha value is -2.80. The van der Waals surface area contributed by atoms with Gasteiger partial charge in [0.25, 0.3) is 5.91 Å². The fraction of sp³-hybridized carbons (Fsp3) is 0.409. The molecule has 0 radical (unpaired) electrons. The lowest BCUT2D eigenvalue weighted by molar-refractivity contribution is 0.102. The van der Waals surface area contributed by atoms with Crippen LogP contribution in [0.5, 0.6) is 11.5 Å². The predicted octanol–water partition coefficient (Wildman–Crippen LogP) is 4.47. The number of amides is 1. The molecule has 0 aliphatic carbocycles. The van der Waals surface area contributed by atoms with Crippen molar-refractivity contribution in [2.45, 2.75) is 32.8 Å². The van der Waals surface area contributed by atoms with E-state index in [1.54, 1.807) is 30.3 Å². The molecule has 1 saturated heterocycles. The summed E-state index contributed by atoms with van der Waals surface area (Å²) in [5.41, 5.74) is 1.16. The number of carbonyl (C=O) groups is 1. The van der Waals surface area contributed by atoms with Crippen molar-refractivity contribution in [3.05, 3.63) is 47.8 Å². The summed E-state index contributed by atoms with van der Waals surface area (Å²) in [5.74, 6) is 0.302. The number of hydrogen-bond acceptors (Lipinski definition) is 5. The van der Waals surface area contributed by atoms with Gasteiger partial charge in [0.1, 0.15) is 5.82 Å². The van der Waals surface area contributed by atoms with E-state index in [0.29, 0.717) is 48.2 Å². The number of rotatable bonds is 9. The molecule has 1 heterocycles. The number of hydrogen-bond donors (Lipinski definition) is 2. The van der Waals surface area contributed by atoms with Gasteiger partial charge in [-0.2, -0.15) is 0 Å². The minimum Gasteiger partial charge on any atom is -0.490 e. The van der Waals surface area contributed by atoms with E-state index in [2.05, 4.69) is 10.6 Å². The Morgan fingerprint density at radius 1 is 1.14 bits per heavy atom. The summed E-state index contributed by atoms with van der Waals surface area (Å²) in [6.45, 7) is 6.02. The molecule has 1 aliphatic rings. The fourth-order valence-corrected chi connectivity index (χ4v) is 3.16. The van der Waals surface area contributed by atoms with E-state index >= 15 is 0 Å². The van der Waals surface area contributed by atoms with Crippen LogP contribution in [-0.4, -0.2) is 38.4 Å². The van der Waals surface area contributed by atoms with E-state index in [0.717, 1.165) is 19.4 Å². The number of benzene rings is 2. The third-order valence-corrected chi connectivity index (χ3v) is 4.58. The second-order valence-corrected chi connectivity index (χ2v) is 6.69. The Bertz CT molecular complexity index is 838. The minimum atomic E-state index is -0.428. The van der Waals surface area contributed by atoms with Gasteiger partial charge in [-0.3, -0.25) is 4.79 Å². The van der Waals surface area contributed by atoms with Crippen LogP contribution in [0, 0.1) is 5.82 Å². The van der Waals surface area contributed by atoms with Gasteiger partial charge in [-0.25, -0.2) is 4.39 Å². The lowest BCUT2D eigenvalue weighted by atomic mass is 10.1. The van der Waals surface area contributed by atoms with E-state index in [4.69, 9.17) is 14.2 Å². The van der Waals surface area contributed by atoms with E-state index in [-0.39, 0.29) is 12.0 Å². The SMILES string of the molecule is CCOc1ccc(C(=O)Nc2ccc(NCC3CCCO3)c(F)c2)cc1OCC. The Balaban J connectivity index is 1.65. The largest absolute Gasteiger partial charge is 0.490 e. The van der Waals surface area contributed by atoms with Crippen molar-refractivity contribution in [3.8, 4) is 11.5 Å². The minimum absolute atomic E-state index is 0.118. The van der Waals surface area contributed by atoms with Crippen molar-refractivity contribution >= 4 is 17.3 Å². The Morgan fingerprint density at radius 2 is 1.93 bits per heavy atom. The molecule has 1 atom stereocenters. The molecule has 0 spiro atoms. The zero-order valence-corrected chi connectivity index (χ0v) is 16.8. The highest BCUT2D eigenvalue weighted by Gasteiger charge is 2.16. The molecule has 1 unspecified atom stereocenters. The third kappa shape index (κ3) is 5.60. The average molecular weight is 402 g/mol. The van der Waals surface area contributed by atoms with Gasteiger partial charge in [-0.1, -0.05) is 0 Å². The molecule has 3 rings (SSSR count). The highest BCUT2D eigenvalue weighted by atomic mass is 19.1. The summed E-state index contributed by atoms with van der Waals surface area (Å²) >= 11 is 0. The van der Waals surface area contributed by atoms with Crippen LogP contribution in [-0.2, 0) is 4.74 Å². The first-order valence-electron chi connectivity index (χ1n) is 9.96. The van der Waals surface area contributed by atoms with Crippen LogP contribution in [0.2, 0.25) is 0 Å². The molecule has 2 N–H and O–H groups in total. The number of nitrogens with one attached hydrogen (secondary N) is 2. The van der Waals surface area contributed by atoms with Crippen molar-refractivity contribution < 1.29 is 23.4 Å². The maximum atomic E-state index is 14.4. The summed E-state index contributed by atoms with van der Waals surface area (Å²) in [7, 11) is 0. The smallest absolute Gasteiger partial charge is 0.255 e. The molecular weight excluding hydrogens is 375 g/mol. The quantitative estimate of drug-likeness (QED) is 0.648. The number of halogens is 1. The van der Waals surface area contributed by atoms with Crippen LogP contribution >= 0.6 is 0 Å². The highest BCUT2D eigenvalue weighted by molar-refractivity contribution is 6.04. The van der Waals surface area contributed by atoms with Gasteiger partial charge in [0.2, 0.25) is 0 Å². The first kappa shape index (κ1) is 20.9. The highest BCUT2D eigenvalue weighted by Crippen LogP contribution is 2.29. The second kappa shape index (κ2) is 10.1. The molecule has 156 valence electrons. The van der Waals surface area contributed by atoms with Crippen molar-refractivity contribution in [3.63, 3.8) is 0 Å². The molecule has 2 aromatic rings.